The van der Waals surface area contributed by atoms with E-state index in [-0.39, 0.29) is 11.8 Å². The van der Waals surface area contributed by atoms with E-state index in [0.717, 1.165) is 51.4 Å². The van der Waals surface area contributed by atoms with Gasteiger partial charge in [-0.2, -0.15) is 0 Å². The summed E-state index contributed by atoms with van der Waals surface area (Å²) in [6, 6.07) is 0. The van der Waals surface area contributed by atoms with Gasteiger partial charge in [0.2, 0.25) is 0 Å². The summed E-state index contributed by atoms with van der Waals surface area (Å²) < 4.78 is 0. The van der Waals surface area contributed by atoms with Gasteiger partial charge in [0.1, 0.15) is 5.78 Å². The fourth-order valence-corrected chi connectivity index (χ4v) is 3.88. The van der Waals surface area contributed by atoms with Crippen LogP contribution in [0.3, 0.4) is 0 Å². The number of aliphatic hydroxyl groups is 2. The Bertz CT molecular complexity index is 483. The van der Waals surface area contributed by atoms with Gasteiger partial charge >= 0.3 is 5.97 Å². The molecule has 1 saturated carbocycles. The van der Waals surface area contributed by atoms with Gasteiger partial charge in [-0.3, -0.25) is 4.79 Å². The van der Waals surface area contributed by atoms with Crippen molar-refractivity contribution in [1.82, 2.24) is 0 Å². The fraction of sp³-hybridized carbons (Fsp3) is 0.818. The number of carboxylic acids is 1. The van der Waals surface area contributed by atoms with Crippen LogP contribution in [-0.4, -0.2) is 38.8 Å². The van der Waals surface area contributed by atoms with Crippen LogP contribution in [0.2, 0.25) is 0 Å². The maximum absolute atomic E-state index is 12.2. The molecule has 3 N–H and O–H groups in total. The van der Waals surface area contributed by atoms with Crippen molar-refractivity contribution in [3.8, 4) is 0 Å². The van der Waals surface area contributed by atoms with Gasteiger partial charge in [0.15, 0.2) is 6.10 Å². The first-order chi connectivity index (χ1) is 12.8. The lowest BCUT2D eigenvalue weighted by atomic mass is 9.88. The highest BCUT2D eigenvalue weighted by Gasteiger charge is 2.32. The number of carbonyl (C=O) groups is 2. The Morgan fingerprint density at radius 1 is 1.26 bits per heavy atom. The van der Waals surface area contributed by atoms with E-state index in [1.165, 1.54) is 0 Å². The SMILES string of the molecule is CCCCC(C)(O)CC=C[C@H]1CCC(=O)[C@@H]1CCCCCCC(O)C(=O)O. The van der Waals surface area contributed by atoms with E-state index in [1.54, 1.807) is 0 Å². The largest absolute Gasteiger partial charge is 0.479 e. The van der Waals surface area contributed by atoms with Gasteiger partial charge in [-0.1, -0.05) is 57.6 Å². The quantitative estimate of drug-likeness (QED) is 0.308. The van der Waals surface area contributed by atoms with E-state index in [9.17, 15) is 19.8 Å². The summed E-state index contributed by atoms with van der Waals surface area (Å²) in [7, 11) is 0. The Kier molecular flexibility index (Phi) is 10.9. The van der Waals surface area contributed by atoms with E-state index < -0.39 is 17.7 Å². The zero-order chi connectivity index (χ0) is 20.3. The number of aliphatic carboxylic acids is 1. The molecule has 1 aliphatic carbocycles. The molecule has 0 aromatic heterocycles. The van der Waals surface area contributed by atoms with Crippen molar-refractivity contribution >= 4 is 11.8 Å². The van der Waals surface area contributed by atoms with Crippen molar-refractivity contribution in [1.29, 1.82) is 0 Å². The van der Waals surface area contributed by atoms with E-state index in [4.69, 9.17) is 5.11 Å². The second-order valence-electron chi connectivity index (χ2n) is 8.35. The van der Waals surface area contributed by atoms with Crippen molar-refractivity contribution in [3.05, 3.63) is 12.2 Å². The molecule has 1 aliphatic rings. The zero-order valence-corrected chi connectivity index (χ0v) is 17.0. The molecule has 156 valence electrons. The number of rotatable bonds is 14. The summed E-state index contributed by atoms with van der Waals surface area (Å²) in [5, 5.41) is 28.2. The van der Waals surface area contributed by atoms with Gasteiger partial charge in [-0.05, 0) is 44.9 Å². The molecule has 0 amide bonds. The van der Waals surface area contributed by atoms with Crippen molar-refractivity contribution in [2.24, 2.45) is 11.8 Å². The molecule has 4 atom stereocenters. The fourth-order valence-electron chi connectivity index (χ4n) is 3.88. The molecule has 1 fully saturated rings. The van der Waals surface area contributed by atoms with Gasteiger partial charge in [-0.25, -0.2) is 4.79 Å². The first-order valence-corrected chi connectivity index (χ1v) is 10.6. The lowest BCUT2D eigenvalue weighted by Gasteiger charge is -2.21. The number of Topliss-reactive ketones (excluding diaryl/α,β-unsaturated/α-hetero) is 1. The Hall–Kier alpha value is -1.20. The topological polar surface area (TPSA) is 94.8 Å². The zero-order valence-electron chi connectivity index (χ0n) is 17.0. The number of hydrogen-bond acceptors (Lipinski definition) is 4. The highest BCUT2D eigenvalue weighted by Crippen LogP contribution is 2.34. The summed E-state index contributed by atoms with van der Waals surface area (Å²) in [6.45, 7) is 4.00. The van der Waals surface area contributed by atoms with Crippen LogP contribution in [0.15, 0.2) is 12.2 Å². The second-order valence-corrected chi connectivity index (χ2v) is 8.35. The summed E-state index contributed by atoms with van der Waals surface area (Å²) in [5.74, 6) is -0.432. The molecule has 0 saturated heterocycles. The minimum atomic E-state index is -1.26. The van der Waals surface area contributed by atoms with Crippen LogP contribution in [0.4, 0.5) is 0 Å². The third-order valence-corrected chi connectivity index (χ3v) is 5.69. The number of ketones is 1. The van der Waals surface area contributed by atoms with Crippen molar-refractivity contribution in [3.63, 3.8) is 0 Å². The number of hydrogen-bond donors (Lipinski definition) is 3. The number of carboxylic acid groups (broad SMARTS) is 1. The Morgan fingerprint density at radius 3 is 2.63 bits per heavy atom. The predicted molar refractivity (Wildman–Crippen MR) is 106 cm³/mol. The molecular weight excluding hydrogens is 344 g/mol. The summed E-state index contributed by atoms with van der Waals surface area (Å²) >= 11 is 0. The molecule has 0 aromatic rings. The normalized spacial score (nSPS) is 23.6. The summed E-state index contributed by atoms with van der Waals surface area (Å²) in [5.41, 5.74) is -0.662. The molecule has 5 nitrogen and oxygen atoms in total. The third kappa shape index (κ3) is 9.52. The van der Waals surface area contributed by atoms with Crippen LogP contribution in [0, 0.1) is 11.8 Å². The molecule has 0 radical (unpaired) electrons. The van der Waals surface area contributed by atoms with Gasteiger partial charge in [0, 0.05) is 12.3 Å². The van der Waals surface area contributed by atoms with Gasteiger partial charge < -0.3 is 15.3 Å². The number of unbranched alkanes of at least 4 members (excludes halogenated alkanes) is 4. The smallest absolute Gasteiger partial charge is 0.332 e. The molecule has 27 heavy (non-hydrogen) atoms. The van der Waals surface area contributed by atoms with E-state index >= 15 is 0 Å². The van der Waals surface area contributed by atoms with Crippen LogP contribution in [0.25, 0.3) is 0 Å². The third-order valence-electron chi connectivity index (χ3n) is 5.69. The van der Waals surface area contributed by atoms with Crippen molar-refractivity contribution < 1.29 is 24.9 Å². The van der Waals surface area contributed by atoms with Gasteiger partial charge in [0.05, 0.1) is 5.60 Å². The van der Waals surface area contributed by atoms with Crippen molar-refractivity contribution in [2.75, 3.05) is 0 Å². The minimum absolute atomic E-state index is 0.0893. The Balaban J connectivity index is 2.31. The first-order valence-electron chi connectivity index (χ1n) is 10.6. The van der Waals surface area contributed by atoms with E-state index in [1.807, 2.05) is 6.92 Å². The molecule has 2 unspecified atom stereocenters. The Morgan fingerprint density at radius 2 is 1.96 bits per heavy atom. The molecule has 0 spiro atoms. The first kappa shape index (κ1) is 23.8. The average Bonchev–Trinajstić information content (AvgIpc) is 2.95. The maximum Gasteiger partial charge on any atom is 0.332 e. The number of allylic oxidation sites excluding steroid dienone is 1. The van der Waals surface area contributed by atoms with Crippen LogP contribution in [0.1, 0.15) is 90.9 Å². The van der Waals surface area contributed by atoms with Crippen LogP contribution in [-0.2, 0) is 9.59 Å². The van der Waals surface area contributed by atoms with Crippen LogP contribution < -0.4 is 0 Å². The average molecular weight is 383 g/mol. The van der Waals surface area contributed by atoms with E-state index in [2.05, 4.69) is 19.1 Å². The standard InChI is InChI=1S/C22H38O5/c1-3-4-15-22(2,27)16-9-10-17-13-14-19(23)18(17)11-7-5-6-8-12-20(24)21(25)26/h9-10,17-18,20,24,27H,3-8,11-16H2,1-2H3,(H,25,26)/t17-,18+,20?,22?/m0/s1. The molecular formula is C22H38O5. The molecule has 5 heteroatoms. The van der Waals surface area contributed by atoms with Crippen LogP contribution >= 0.6 is 0 Å². The summed E-state index contributed by atoms with van der Waals surface area (Å²) in [4.78, 5) is 22.7. The number of aliphatic hydroxyl groups excluding tert-OH is 1. The summed E-state index contributed by atoms with van der Waals surface area (Å²) in [6.07, 6.45) is 12.7. The molecule has 0 heterocycles. The maximum atomic E-state index is 12.2. The van der Waals surface area contributed by atoms with Crippen molar-refractivity contribution in [2.45, 2.75) is 103 Å². The lowest BCUT2D eigenvalue weighted by molar-refractivity contribution is -0.147. The molecule has 0 aliphatic heterocycles. The van der Waals surface area contributed by atoms with Gasteiger partial charge in [-0.15, -0.1) is 0 Å². The Labute approximate surface area is 163 Å². The highest BCUT2D eigenvalue weighted by atomic mass is 16.4. The minimum Gasteiger partial charge on any atom is -0.479 e. The molecule has 1 rings (SSSR count). The monoisotopic (exact) mass is 382 g/mol. The van der Waals surface area contributed by atoms with E-state index in [0.29, 0.717) is 31.5 Å². The van der Waals surface area contributed by atoms with Crippen LogP contribution in [0.5, 0.6) is 0 Å². The molecule has 0 bridgehead atoms. The predicted octanol–water partition coefficient (Wildman–Crippen LogP) is 4.26. The molecule has 0 aromatic carbocycles. The second kappa shape index (κ2) is 12.3. The van der Waals surface area contributed by atoms with Gasteiger partial charge in [0.25, 0.3) is 0 Å². The lowest BCUT2D eigenvalue weighted by Crippen LogP contribution is -2.22. The highest BCUT2D eigenvalue weighted by molar-refractivity contribution is 5.83. The number of carbonyl (C=O) groups excluding carboxylic acids is 1.